The fraction of sp³-hybridized carbons (Fsp3) is 0.280. The Bertz CT molecular complexity index is 1260. The van der Waals surface area contributed by atoms with Crippen LogP contribution in [0.5, 0.6) is 0 Å². The van der Waals surface area contributed by atoms with E-state index in [4.69, 9.17) is 4.42 Å². The summed E-state index contributed by atoms with van der Waals surface area (Å²) in [6.45, 7) is 9.25. The molecule has 0 radical (unpaired) electrons. The normalized spacial score (nSPS) is 15.2. The van der Waals surface area contributed by atoms with Crippen LogP contribution >= 0.6 is 15.9 Å². The molecule has 2 aromatic carbocycles. The molecule has 3 aromatic rings. The molecule has 0 fully saturated rings. The van der Waals surface area contributed by atoms with Gasteiger partial charge < -0.3 is 9.32 Å². The van der Waals surface area contributed by atoms with Crippen LogP contribution in [-0.2, 0) is 0 Å². The number of furan rings is 1. The van der Waals surface area contributed by atoms with Crippen LogP contribution in [0, 0.1) is 5.82 Å². The highest BCUT2D eigenvalue weighted by molar-refractivity contribution is 9.10. The second-order valence-electron chi connectivity index (χ2n) is 8.52. The van der Waals surface area contributed by atoms with Crippen molar-refractivity contribution in [2.75, 3.05) is 11.4 Å². The lowest BCUT2D eigenvalue weighted by molar-refractivity contribution is 0.0929. The molecule has 1 N–H and O–H groups in total. The van der Waals surface area contributed by atoms with Crippen molar-refractivity contribution >= 4 is 50.3 Å². The number of anilines is 1. The molecule has 4 rings (SSSR count). The number of halogens is 2. The van der Waals surface area contributed by atoms with Crippen molar-refractivity contribution in [3.63, 3.8) is 0 Å². The Labute approximate surface area is 195 Å². The minimum Gasteiger partial charge on any atom is -0.451 e. The van der Waals surface area contributed by atoms with Crippen molar-refractivity contribution in [2.24, 2.45) is 5.10 Å². The Hall–Kier alpha value is -2.93. The highest BCUT2D eigenvalue weighted by Crippen LogP contribution is 2.40. The second kappa shape index (κ2) is 8.54. The zero-order chi connectivity index (χ0) is 23.0. The fourth-order valence-electron chi connectivity index (χ4n) is 4.19. The quantitative estimate of drug-likeness (QED) is 0.322. The number of hydrogen-bond donors (Lipinski definition) is 1. The third kappa shape index (κ3) is 4.21. The number of carbonyl (C=O) groups is 1. The zero-order valence-electron chi connectivity index (χ0n) is 18.5. The minimum atomic E-state index is -0.501. The van der Waals surface area contributed by atoms with E-state index in [1.54, 1.807) is 24.3 Å². The van der Waals surface area contributed by atoms with Gasteiger partial charge in [0.2, 0.25) is 0 Å². The van der Waals surface area contributed by atoms with E-state index < -0.39 is 5.91 Å². The van der Waals surface area contributed by atoms with E-state index in [1.807, 2.05) is 19.1 Å². The van der Waals surface area contributed by atoms with Gasteiger partial charge in [-0.05, 0) is 69.2 Å². The summed E-state index contributed by atoms with van der Waals surface area (Å²) < 4.78 is 21.4. The molecule has 1 amide bonds. The fourth-order valence-corrected chi connectivity index (χ4v) is 4.57. The standard InChI is InChI=1S/C25H25BrFN3O2/c1-5-8-30-21-12-20(27)17(10-19(21)15(2)13-25(30,3)4)14-28-29-24(31)23-11-16-9-18(26)6-7-22(16)32-23/h6-7,9-14H,5,8H2,1-4H3,(H,29,31)/b28-14+. The monoisotopic (exact) mass is 497 g/mol. The summed E-state index contributed by atoms with van der Waals surface area (Å²) in [7, 11) is 0. The summed E-state index contributed by atoms with van der Waals surface area (Å²) in [6.07, 6.45) is 4.49. The van der Waals surface area contributed by atoms with Crippen LogP contribution in [0.2, 0.25) is 0 Å². The predicted octanol–water partition coefficient (Wildman–Crippen LogP) is 6.51. The van der Waals surface area contributed by atoms with Crippen molar-refractivity contribution in [3.8, 4) is 0 Å². The maximum atomic E-state index is 14.9. The van der Waals surface area contributed by atoms with Gasteiger partial charge in [-0.1, -0.05) is 28.9 Å². The smallest absolute Gasteiger partial charge is 0.307 e. The summed E-state index contributed by atoms with van der Waals surface area (Å²) in [5.74, 6) is -0.752. The van der Waals surface area contributed by atoms with E-state index in [0.717, 1.165) is 39.6 Å². The molecule has 1 aliphatic heterocycles. The zero-order valence-corrected chi connectivity index (χ0v) is 20.1. The molecule has 166 valence electrons. The van der Waals surface area contributed by atoms with E-state index in [-0.39, 0.29) is 17.1 Å². The van der Waals surface area contributed by atoms with Gasteiger partial charge in [0.15, 0.2) is 5.76 Å². The lowest BCUT2D eigenvalue weighted by Crippen LogP contribution is -2.45. The topological polar surface area (TPSA) is 57.8 Å². The lowest BCUT2D eigenvalue weighted by Gasteiger charge is -2.43. The van der Waals surface area contributed by atoms with Gasteiger partial charge in [-0.15, -0.1) is 0 Å². The molecule has 2 heterocycles. The average molecular weight is 498 g/mol. The van der Waals surface area contributed by atoms with Crippen LogP contribution in [0.15, 0.2) is 56.5 Å². The summed E-state index contributed by atoms with van der Waals surface area (Å²) in [5.41, 5.74) is 6.07. The Morgan fingerprint density at radius 2 is 2.06 bits per heavy atom. The molecule has 0 bridgehead atoms. The third-order valence-corrected chi connectivity index (χ3v) is 6.11. The number of fused-ring (bicyclic) bond motifs is 2. The van der Waals surface area contributed by atoms with Gasteiger partial charge in [-0.25, -0.2) is 9.82 Å². The first-order chi connectivity index (χ1) is 15.2. The summed E-state index contributed by atoms with van der Waals surface area (Å²) >= 11 is 3.39. The van der Waals surface area contributed by atoms with Gasteiger partial charge in [0.05, 0.1) is 11.8 Å². The van der Waals surface area contributed by atoms with E-state index >= 15 is 0 Å². The molecule has 1 aromatic heterocycles. The molecule has 0 aliphatic carbocycles. The Morgan fingerprint density at radius 1 is 1.28 bits per heavy atom. The molecule has 1 aliphatic rings. The highest BCUT2D eigenvalue weighted by Gasteiger charge is 2.31. The minimum absolute atomic E-state index is 0.136. The largest absolute Gasteiger partial charge is 0.451 e. The SMILES string of the molecule is CCCN1c2cc(F)c(/C=N/NC(=O)c3cc4cc(Br)ccc4o3)cc2C(C)=CC1(C)C. The van der Waals surface area contributed by atoms with Gasteiger partial charge in [0, 0.05) is 33.2 Å². The molecular formula is C25H25BrFN3O2. The Balaban J connectivity index is 1.57. The van der Waals surface area contributed by atoms with E-state index in [9.17, 15) is 9.18 Å². The van der Waals surface area contributed by atoms with E-state index in [0.29, 0.717) is 11.1 Å². The predicted molar refractivity (Wildman–Crippen MR) is 131 cm³/mol. The highest BCUT2D eigenvalue weighted by atomic mass is 79.9. The van der Waals surface area contributed by atoms with E-state index in [2.05, 4.69) is 58.2 Å². The average Bonchev–Trinajstić information content (AvgIpc) is 3.14. The number of allylic oxidation sites excluding steroid dienone is 1. The third-order valence-electron chi connectivity index (χ3n) is 5.62. The van der Waals surface area contributed by atoms with Crippen molar-refractivity contribution < 1.29 is 13.6 Å². The van der Waals surface area contributed by atoms with Crippen molar-refractivity contribution in [1.29, 1.82) is 0 Å². The number of amides is 1. The van der Waals surface area contributed by atoms with Crippen LogP contribution in [0.1, 0.15) is 55.8 Å². The first-order valence-electron chi connectivity index (χ1n) is 10.5. The van der Waals surface area contributed by atoms with Gasteiger partial charge in [-0.2, -0.15) is 5.10 Å². The molecule has 0 saturated carbocycles. The number of hydrogen-bond acceptors (Lipinski definition) is 4. The molecule has 0 spiro atoms. The van der Waals surface area contributed by atoms with Crippen LogP contribution in [0.3, 0.4) is 0 Å². The number of carbonyl (C=O) groups excluding carboxylic acids is 1. The van der Waals surface area contributed by atoms with Gasteiger partial charge >= 0.3 is 5.91 Å². The molecular weight excluding hydrogens is 473 g/mol. The van der Waals surface area contributed by atoms with Gasteiger partial charge in [-0.3, -0.25) is 4.79 Å². The number of nitrogens with zero attached hydrogens (tertiary/aromatic N) is 2. The van der Waals surface area contributed by atoms with Crippen molar-refractivity contribution in [2.45, 2.75) is 39.7 Å². The molecule has 0 unspecified atom stereocenters. The molecule has 32 heavy (non-hydrogen) atoms. The summed E-state index contributed by atoms with van der Waals surface area (Å²) in [6, 6.07) is 10.5. The van der Waals surface area contributed by atoms with E-state index in [1.165, 1.54) is 6.21 Å². The number of rotatable bonds is 5. The number of hydrazone groups is 1. The first-order valence-corrected chi connectivity index (χ1v) is 11.3. The summed E-state index contributed by atoms with van der Waals surface area (Å²) in [4.78, 5) is 14.6. The van der Waals surface area contributed by atoms with Crippen molar-refractivity contribution in [1.82, 2.24) is 5.43 Å². The Morgan fingerprint density at radius 3 is 2.81 bits per heavy atom. The van der Waals surface area contributed by atoms with Crippen LogP contribution in [-0.4, -0.2) is 24.2 Å². The van der Waals surface area contributed by atoms with Crippen LogP contribution in [0.4, 0.5) is 10.1 Å². The Kier molecular flexibility index (Phi) is 5.95. The van der Waals surface area contributed by atoms with Gasteiger partial charge in [0.1, 0.15) is 11.4 Å². The van der Waals surface area contributed by atoms with Gasteiger partial charge in [0.25, 0.3) is 0 Å². The van der Waals surface area contributed by atoms with Crippen molar-refractivity contribution in [3.05, 3.63) is 69.7 Å². The van der Waals surface area contributed by atoms with Crippen LogP contribution < -0.4 is 10.3 Å². The summed E-state index contributed by atoms with van der Waals surface area (Å²) in [5, 5.41) is 4.76. The maximum absolute atomic E-state index is 14.9. The molecule has 0 saturated heterocycles. The first kappa shape index (κ1) is 22.3. The second-order valence-corrected chi connectivity index (χ2v) is 9.43. The molecule has 0 atom stereocenters. The van der Waals surface area contributed by atoms with Crippen LogP contribution in [0.25, 0.3) is 16.5 Å². The lowest BCUT2D eigenvalue weighted by atomic mass is 9.88. The molecule has 7 heteroatoms. The number of nitrogens with one attached hydrogen (secondary N) is 1. The molecule has 5 nitrogen and oxygen atoms in total. The number of benzene rings is 2. The maximum Gasteiger partial charge on any atom is 0.307 e.